The van der Waals surface area contributed by atoms with E-state index in [4.69, 9.17) is 5.11 Å². The first kappa shape index (κ1) is 15.8. The monoisotopic (exact) mass is 271 g/mol. The van der Waals surface area contributed by atoms with Crippen molar-refractivity contribution in [3.05, 3.63) is 0 Å². The maximum Gasteiger partial charge on any atom is 0.314 e. The molecule has 0 aliphatic carbocycles. The number of carboxylic acid groups (broad SMARTS) is 1. The highest BCUT2D eigenvalue weighted by Gasteiger charge is 2.13. The van der Waals surface area contributed by atoms with Crippen LogP contribution in [0.25, 0.3) is 0 Å². The molecule has 0 spiro atoms. The number of carbonyl (C=O) groups is 2. The van der Waals surface area contributed by atoms with Crippen LogP contribution < -0.4 is 10.6 Å². The number of carbonyl (C=O) groups excluding carboxylic acids is 1. The van der Waals surface area contributed by atoms with E-state index in [-0.39, 0.29) is 18.4 Å². The van der Waals surface area contributed by atoms with Gasteiger partial charge in [0.25, 0.3) is 0 Å². The second-order valence-corrected chi connectivity index (χ2v) is 5.06. The van der Waals surface area contributed by atoms with Gasteiger partial charge in [-0.1, -0.05) is 13.3 Å². The highest BCUT2D eigenvalue weighted by atomic mass is 16.4. The lowest BCUT2D eigenvalue weighted by Gasteiger charge is -2.16. The molecule has 6 nitrogen and oxygen atoms in total. The van der Waals surface area contributed by atoms with Crippen molar-refractivity contribution < 1.29 is 14.7 Å². The molecule has 0 aromatic heterocycles. The summed E-state index contributed by atoms with van der Waals surface area (Å²) in [5.41, 5.74) is 0. The van der Waals surface area contributed by atoms with Crippen LogP contribution in [0.5, 0.6) is 0 Å². The zero-order chi connectivity index (χ0) is 14.1. The number of likely N-dealkylation sites (tertiary alicyclic amines) is 1. The van der Waals surface area contributed by atoms with Crippen LogP contribution in [0, 0.1) is 5.92 Å². The summed E-state index contributed by atoms with van der Waals surface area (Å²) in [6, 6.07) is -0.206. The van der Waals surface area contributed by atoms with Crippen LogP contribution in [0.2, 0.25) is 0 Å². The molecule has 1 unspecified atom stereocenters. The quantitative estimate of drug-likeness (QED) is 0.612. The number of hydrogen-bond acceptors (Lipinski definition) is 3. The van der Waals surface area contributed by atoms with Crippen molar-refractivity contribution in [1.29, 1.82) is 0 Å². The molecular formula is C13H25N3O3. The predicted octanol–water partition coefficient (Wildman–Crippen LogP) is 0.882. The molecule has 6 heteroatoms. The lowest BCUT2D eigenvalue weighted by molar-refractivity contribution is -0.138. The van der Waals surface area contributed by atoms with Gasteiger partial charge < -0.3 is 20.6 Å². The third kappa shape index (κ3) is 7.00. The van der Waals surface area contributed by atoms with Gasteiger partial charge in [-0.2, -0.15) is 0 Å². The van der Waals surface area contributed by atoms with Gasteiger partial charge in [-0.3, -0.25) is 4.79 Å². The number of aliphatic carboxylic acids is 1. The van der Waals surface area contributed by atoms with Gasteiger partial charge >= 0.3 is 12.0 Å². The Morgan fingerprint density at radius 2 is 1.95 bits per heavy atom. The standard InChI is InChI=1S/C13H25N3O3/c1-2-11(9-12(17)18)10-15-13(19)14-5-8-16-6-3-4-7-16/h11H,2-10H2,1H3,(H,17,18)(H2,14,15,19). The highest BCUT2D eigenvalue weighted by molar-refractivity contribution is 5.74. The molecule has 1 rings (SSSR count). The maximum atomic E-state index is 11.5. The molecule has 3 N–H and O–H groups in total. The van der Waals surface area contributed by atoms with Crippen LogP contribution in [0.3, 0.4) is 0 Å². The summed E-state index contributed by atoms with van der Waals surface area (Å²) in [6.07, 6.45) is 3.35. The topological polar surface area (TPSA) is 81.7 Å². The Morgan fingerprint density at radius 1 is 1.26 bits per heavy atom. The normalized spacial score (nSPS) is 17.1. The van der Waals surface area contributed by atoms with Crippen LogP contribution >= 0.6 is 0 Å². The van der Waals surface area contributed by atoms with E-state index in [1.807, 2.05) is 6.92 Å². The Morgan fingerprint density at radius 3 is 2.53 bits per heavy atom. The molecule has 0 saturated carbocycles. The molecule has 0 aromatic rings. The molecule has 110 valence electrons. The van der Waals surface area contributed by atoms with Gasteiger partial charge in [0.15, 0.2) is 0 Å². The van der Waals surface area contributed by atoms with Gasteiger partial charge in [-0.15, -0.1) is 0 Å². The van der Waals surface area contributed by atoms with Crippen molar-refractivity contribution in [2.24, 2.45) is 5.92 Å². The Balaban J connectivity index is 2.07. The first-order chi connectivity index (χ1) is 9.11. The van der Waals surface area contributed by atoms with Gasteiger partial charge in [0, 0.05) is 26.1 Å². The van der Waals surface area contributed by atoms with E-state index in [0.717, 1.165) is 26.1 Å². The molecule has 2 amide bonds. The highest BCUT2D eigenvalue weighted by Crippen LogP contribution is 2.06. The lowest BCUT2D eigenvalue weighted by atomic mass is 10.0. The third-order valence-corrected chi connectivity index (χ3v) is 3.50. The van der Waals surface area contributed by atoms with E-state index >= 15 is 0 Å². The zero-order valence-electron chi connectivity index (χ0n) is 11.7. The van der Waals surface area contributed by atoms with Gasteiger partial charge in [0.1, 0.15) is 0 Å². The molecule has 1 aliphatic heterocycles. The van der Waals surface area contributed by atoms with Gasteiger partial charge in [0.05, 0.1) is 0 Å². The summed E-state index contributed by atoms with van der Waals surface area (Å²) in [5, 5.41) is 14.2. The summed E-state index contributed by atoms with van der Waals surface area (Å²) in [6.45, 7) is 6.12. The first-order valence-corrected chi connectivity index (χ1v) is 7.07. The predicted molar refractivity (Wildman–Crippen MR) is 73.1 cm³/mol. The molecule has 0 aromatic carbocycles. The summed E-state index contributed by atoms with van der Waals surface area (Å²) >= 11 is 0. The zero-order valence-corrected chi connectivity index (χ0v) is 11.7. The van der Waals surface area contributed by atoms with Gasteiger partial charge in [-0.05, 0) is 31.8 Å². The van der Waals surface area contributed by atoms with E-state index in [9.17, 15) is 9.59 Å². The number of nitrogens with one attached hydrogen (secondary N) is 2. The number of hydrogen-bond donors (Lipinski definition) is 3. The number of urea groups is 1. The molecule has 1 aliphatic rings. The fourth-order valence-corrected chi connectivity index (χ4v) is 2.24. The van der Waals surface area contributed by atoms with Crippen molar-refractivity contribution in [3.8, 4) is 0 Å². The van der Waals surface area contributed by atoms with Crippen LogP contribution in [-0.4, -0.2) is 54.7 Å². The summed E-state index contributed by atoms with van der Waals surface area (Å²) in [5.74, 6) is -0.815. The van der Waals surface area contributed by atoms with Crippen LogP contribution in [0.4, 0.5) is 4.79 Å². The summed E-state index contributed by atoms with van der Waals surface area (Å²) in [7, 11) is 0. The minimum Gasteiger partial charge on any atom is -0.481 e. The Hall–Kier alpha value is -1.30. The average Bonchev–Trinajstić information content (AvgIpc) is 2.87. The molecular weight excluding hydrogens is 246 g/mol. The molecule has 1 fully saturated rings. The fraction of sp³-hybridized carbons (Fsp3) is 0.846. The molecule has 1 atom stereocenters. The van der Waals surface area contributed by atoms with Crippen molar-refractivity contribution in [2.75, 3.05) is 32.7 Å². The van der Waals surface area contributed by atoms with E-state index in [1.54, 1.807) is 0 Å². The van der Waals surface area contributed by atoms with Crippen molar-refractivity contribution >= 4 is 12.0 Å². The Labute approximate surface area is 114 Å². The van der Waals surface area contributed by atoms with Gasteiger partial charge in [-0.25, -0.2) is 4.79 Å². The van der Waals surface area contributed by atoms with Crippen molar-refractivity contribution in [1.82, 2.24) is 15.5 Å². The van der Waals surface area contributed by atoms with E-state index in [0.29, 0.717) is 13.1 Å². The number of rotatable bonds is 8. The molecule has 1 heterocycles. The van der Waals surface area contributed by atoms with Crippen molar-refractivity contribution in [3.63, 3.8) is 0 Å². The van der Waals surface area contributed by atoms with E-state index in [2.05, 4.69) is 15.5 Å². The van der Waals surface area contributed by atoms with Crippen LogP contribution in [0.15, 0.2) is 0 Å². The summed E-state index contributed by atoms with van der Waals surface area (Å²) in [4.78, 5) is 24.5. The second kappa shape index (κ2) is 8.74. The number of nitrogens with zero attached hydrogens (tertiary/aromatic N) is 1. The van der Waals surface area contributed by atoms with E-state index < -0.39 is 5.97 Å². The smallest absolute Gasteiger partial charge is 0.314 e. The SMILES string of the molecule is CCC(CNC(=O)NCCN1CCCC1)CC(=O)O. The second-order valence-electron chi connectivity index (χ2n) is 5.06. The molecule has 1 saturated heterocycles. The lowest BCUT2D eigenvalue weighted by Crippen LogP contribution is -2.41. The molecule has 0 bridgehead atoms. The minimum absolute atomic E-state index is 0.00170. The van der Waals surface area contributed by atoms with Gasteiger partial charge in [0.2, 0.25) is 0 Å². The minimum atomic E-state index is -0.817. The Bertz CT molecular complexity index is 291. The average molecular weight is 271 g/mol. The van der Waals surface area contributed by atoms with E-state index in [1.165, 1.54) is 12.8 Å². The van der Waals surface area contributed by atoms with Crippen LogP contribution in [0.1, 0.15) is 32.6 Å². The first-order valence-electron chi connectivity index (χ1n) is 7.07. The number of carboxylic acids is 1. The summed E-state index contributed by atoms with van der Waals surface area (Å²) < 4.78 is 0. The van der Waals surface area contributed by atoms with Crippen LogP contribution in [-0.2, 0) is 4.79 Å². The largest absolute Gasteiger partial charge is 0.481 e. The molecule has 0 radical (unpaired) electrons. The third-order valence-electron chi connectivity index (χ3n) is 3.50. The number of amides is 2. The fourth-order valence-electron chi connectivity index (χ4n) is 2.24. The maximum absolute atomic E-state index is 11.5. The molecule has 19 heavy (non-hydrogen) atoms. The van der Waals surface area contributed by atoms with Crippen molar-refractivity contribution in [2.45, 2.75) is 32.6 Å². The Kier molecular flexibility index (Phi) is 7.25.